The van der Waals surface area contributed by atoms with E-state index in [2.05, 4.69) is 45.6 Å². The molecule has 1 unspecified atom stereocenters. The van der Waals surface area contributed by atoms with Gasteiger partial charge in [-0.05, 0) is 37.9 Å². The number of aromatic nitrogens is 2. The maximum atomic E-state index is 4.30. The lowest BCUT2D eigenvalue weighted by Gasteiger charge is -2.14. The lowest BCUT2D eigenvalue weighted by molar-refractivity contribution is 0.501. The van der Waals surface area contributed by atoms with Crippen LogP contribution in [0.2, 0.25) is 0 Å². The molecule has 0 fully saturated rings. The minimum atomic E-state index is 0.245. The van der Waals surface area contributed by atoms with Crippen molar-refractivity contribution in [2.45, 2.75) is 25.3 Å². The highest BCUT2D eigenvalue weighted by Crippen LogP contribution is 2.15. The van der Waals surface area contributed by atoms with Crippen LogP contribution in [0, 0.1) is 0 Å². The summed E-state index contributed by atoms with van der Waals surface area (Å²) in [6.07, 6.45) is 6.88. The van der Waals surface area contributed by atoms with Gasteiger partial charge in [-0.3, -0.25) is 0 Å². The van der Waals surface area contributed by atoms with Crippen LogP contribution < -0.4 is 5.32 Å². The number of benzene rings is 1. The van der Waals surface area contributed by atoms with Gasteiger partial charge in [0.05, 0.1) is 6.04 Å². The van der Waals surface area contributed by atoms with Crippen molar-refractivity contribution >= 4 is 0 Å². The van der Waals surface area contributed by atoms with E-state index in [0.29, 0.717) is 0 Å². The van der Waals surface area contributed by atoms with Crippen molar-refractivity contribution in [1.82, 2.24) is 15.3 Å². The van der Waals surface area contributed by atoms with Crippen molar-refractivity contribution in [3.8, 4) is 0 Å². The molecule has 18 heavy (non-hydrogen) atoms. The summed E-state index contributed by atoms with van der Waals surface area (Å²) in [7, 11) is 1.96. The van der Waals surface area contributed by atoms with Gasteiger partial charge in [-0.1, -0.05) is 30.3 Å². The molecule has 0 amide bonds. The fourth-order valence-electron chi connectivity index (χ4n) is 2.05. The van der Waals surface area contributed by atoms with Gasteiger partial charge in [-0.25, -0.2) is 9.97 Å². The van der Waals surface area contributed by atoms with E-state index < -0.39 is 0 Å². The molecule has 0 aliphatic heterocycles. The first-order valence-corrected chi connectivity index (χ1v) is 6.38. The predicted molar refractivity (Wildman–Crippen MR) is 73.2 cm³/mol. The number of hydrogen-bond donors (Lipinski definition) is 1. The predicted octanol–water partition coefficient (Wildman–Crippen LogP) is 2.76. The van der Waals surface area contributed by atoms with Crippen LogP contribution in [-0.2, 0) is 6.42 Å². The lowest BCUT2D eigenvalue weighted by Crippen LogP contribution is -2.19. The monoisotopic (exact) mass is 241 g/mol. The molecule has 2 aromatic rings. The van der Waals surface area contributed by atoms with Gasteiger partial charge >= 0.3 is 0 Å². The van der Waals surface area contributed by atoms with E-state index in [-0.39, 0.29) is 6.04 Å². The van der Waals surface area contributed by atoms with Gasteiger partial charge in [-0.2, -0.15) is 0 Å². The summed E-state index contributed by atoms with van der Waals surface area (Å²) in [6.45, 7) is 0. The molecule has 1 aromatic heterocycles. The number of aryl methyl sites for hydroxylation is 1. The van der Waals surface area contributed by atoms with Crippen molar-refractivity contribution in [2.24, 2.45) is 0 Å². The van der Waals surface area contributed by atoms with Gasteiger partial charge in [0, 0.05) is 12.4 Å². The van der Waals surface area contributed by atoms with Crippen molar-refractivity contribution < 1.29 is 0 Å². The van der Waals surface area contributed by atoms with Crippen LogP contribution >= 0.6 is 0 Å². The highest BCUT2D eigenvalue weighted by Gasteiger charge is 2.10. The molecule has 0 radical (unpaired) electrons. The van der Waals surface area contributed by atoms with Crippen LogP contribution in [0.15, 0.2) is 48.8 Å². The maximum absolute atomic E-state index is 4.30. The van der Waals surface area contributed by atoms with E-state index in [1.165, 1.54) is 5.56 Å². The lowest BCUT2D eigenvalue weighted by atomic mass is 10.0. The maximum Gasteiger partial charge on any atom is 0.145 e. The highest BCUT2D eigenvalue weighted by atomic mass is 15.0. The molecule has 0 aliphatic carbocycles. The van der Waals surface area contributed by atoms with Gasteiger partial charge in [0.25, 0.3) is 0 Å². The van der Waals surface area contributed by atoms with Gasteiger partial charge in [0.1, 0.15) is 5.82 Å². The second kappa shape index (κ2) is 6.87. The minimum absolute atomic E-state index is 0.245. The third-order valence-electron chi connectivity index (χ3n) is 3.05. The molecule has 0 saturated carbocycles. The summed E-state index contributed by atoms with van der Waals surface area (Å²) in [5, 5.41) is 3.28. The van der Waals surface area contributed by atoms with Crippen LogP contribution in [0.4, 0.5) is 0 Å². The molecular formula is C15H19N3. The Labute approximate surface area is 108 Å². The number of hydrogen-bond acceptors (Lipinski definition) is 3. The molecule has 3 nitrogen and oxygen atoms in total. The zero-order valence-electron chi connectivity index (χ0n) is 10.7. The van der Waals surface area contributed by atoms with E-state index in [4.69, 9.17) is 0 Å². The normalized spacial score (nSPS) is 12.3. The highest BCUT2D eigenvalue weighted by molar-refractivity contribution is 5.14. The molecule has 1 atom stereocenters. The fourth-order valence-corrected chi connectivity index (χ4v) is 2.05. The van der Waals surface area contributed by atoms with Gasteiger partial charge < -0.3 is 5.32 Å². The van der Waals surface area contributed by atoms with Crippen molar-refractivity contribution in [3.05, 3.63) is 60.2 Å². The molecular weight excluding hydrogens is 222 g/mol. The van der Waals surface area contributed by atoms with Crippen LogP contribution in [0.1, 0.15) is 30.3 Å². The van der Waals surface area contributed by atoms with E-state index >= 15 is 0 Å². The van der Waals surface area contributed by atoms with Crippen LogP contribution in [0.25, 0.3) is 0 Å². The molecule has 0 bridgehead atoms. The Balaban J connectivity index is 1.85. The molecule has 0 aliphatic rings. The summed E-state index contributed by atoms with van der Waals surface area (Å²) >= 11 is 0. The van der Waals surface area contributed by atoms with Gasteiger partial charge in [0.15, 0.2) is 0 Å². The largest absolute Gasteiger partial charge is 0.310 e. The zero-order valence-corrected chi connectivity index (χ0v) is 10.7. The number of nitrogens with one attached hydrogen (secondary N) is 1. The summed E-state index contributed by atoms with van der Waals surface area (Å²) in [5.41, 5.74) is 1.39. The fraction of sp³-hybridized carbons (Fsp3) is 0.333. The smallest absolute Gasteiger partial charge is 0.145 e. The average molecular weight is 241 g/mol. The van der Waals surface area contributed by atoms with Crippen molar-refractivity contribution in [1.29, 1.82) is 0 Å². The Kier molecular flexibility index (Phi) is 4.85. The second-order valence-corrected chi connectivity index (χ2v) is 4.33. The molecule has 1 aromatic carbocycles. The Bertz CT molecular complexity index is 442. The van der Waals surface area contributed by atoms with Crippen molar-refractivity contribution in [2.75, 3.05) is 7.05 Å². The Hall–Kier alpha value is -1.74. The summed E-state index contributed by atoms with van der Waals surface area (Å²) < 4.78 is 0. The van der Waals surface area contributed by atoms with E-state index in [0.717, 1.165) is 25.1 Å². The Morgan fingerprint density at radius 3 is 2.44 bits per heavy atom. The van der Waals surface area contributed by atoms with Crippen molar-refractivity contribution in [3.63, 3.8) is 0 Å². The van der Waals surface area contributed by atoms with Crippen LogP contribution in [0.3, 0.4) is 0 Å². The Morgan fingerprint density at radius 2 is 1.78 bits per heavy atom. The summed E-state index contributed by atoms with van der Waals surface area (Å²) in [6, 6.07) is 12.7. The molecule has 1 N–H and O–H groups in total. The first-order chi connectivity index (χ1) is 8.90. The molecule has 2 rings (SSSR count). The quantitative estimate of drug-likeness (QED) is 0.845. The van der Waals surface area contributed by atoms with Gasteiger partial charge in [-0.15, -0.1) is 0 Å². The molecule has 94 valence electrons. The standard InChI is InChI=1S/C15H19N3/c1-16-14(15-17-11-6-12-18-15)10-5-9-13-7-3-2-4-8-13/h2-4,6-8,11-12,14,16H,5,9-10H2,1H3. The number of rotatable bonds is 6. The molecule has 1 heterocycles. The van der Waals surface area contributed by atoms with Crippen LogP contribution in [0.5, 0.6) is 0 Å². The first-order valence-electron chi connectivity index (χ1n) is 6.38. The molecule has 0 spiro atoms. The Morgan fingerprint density at radius 1 is 1.06 bits per heavy atom. The third kappa shape index (κ3) is 3.64. The van der Waals surface area contributed by atoms with E-state index in [1.54, 1.807) is 12.4 Å². The average Bonchev–Trinajstić information content (AvgIpc) is 2.46. The van der Waals surface area contributed by atoms with E-state index in [9.17, 15) is 0 Å². The second-order valence-electron chi connectivity index (χ2n) is 4.33. The number of nitrogens with zero attached hydrogens (tertiary/aromatic N) is 2. The zero-order chi connectivity index (χ0) is 12.6. The van der Waals surface area contributed by atoms with Crippen LogP contribution in [-0.4, -0.2) is 17.0 Å². The summed E-state index contributed by atoms with van der Waals surface area (Å²) in [4.78, 5) is 8.60. The molecule has 3 heteroatoms. The van der Waals surface area contributed by atoms with Gasteiger partial charge in [0.2, 0.25) is 0 Å². The third-order valence-corrected chi connectivity index (χ3v) is 3.05. The SMILES string of the molecule is CNC(CCCc1ccccc1)c1ncccn1. The first kappa shape index (κ1) is 12.7. The minimum Gasteiger partial charge on any atom is -0.310 e. The molecule has 0 saturated heterocycles. The summed E-state index contributed by atoms with van der Waals surface area (Å²) in [5.74, 6) is 0.882. The van der Waals surface area contributed by atoms with E-state index in [1.807, 2.05) is 13.1 Å². The topological polar surface area (TPSA) is 37.8 Å².